The SMILES string of the molecule is CC(C)(C)c1ccc(COc2ccc([C@@H](NC(=O)[C@H](CCCCN)NC(=O)[C@H](CCCN=C(N)N)NC(=O)c3ccc(Cl)s3)C(N)=O)cc2)cc1. The fourth-order valence-corrected chi connectivity index (χ4v) is 6.00. The van der Waals surface area contributed by atoms with Gasteiger partial charge in [-0.25, -0.2) is 0 Å². The number of aliphatic imine (C=N–C) groups is 1. The van der Waals surface area contributed by atoms with Gasteiger partial charge < -0.3 is 43.6 Å². The number of amides is 4. The lowest BCUT2D eigenvalue weighted by molar-refractivity contribution is -0.132. The fourth-order valence-electron chi connectivity index (χ4n) is 5.06. The summed E-state index contributed by atoms with van der Waals surface area (Å²) in [6, 6.07) is 14.7. The first-order valence-corrected chi connectivity index (χ1v) is 17.9. The van der Waals surface area contributed by atoms with E-state index in [0.29, 0.717) is 52.9 Å². The molecule has 2 aromatic carbocycles. The van der Waals surface area contributed by atoms with Crippen molar-refractivity contribution in [2.75, 3.05) is 13.1 Å². The third-order valence-corrected chi connectivity index (χ3v) is 9.18. The minimum atomic E-state index is -1.19. The highest BCUT2D eigenvalue weighted by atomic mass is 35.5. The molecular weight excluding hydrogens is 692 g/mol. The molecule has 276 valence electrons. The Morgan fingerprint density at radius 1 is 0.824 bits per heavy atom. The van der Waals surface area contributed by atoms with Gasteiger partial charge in [-0.3, -0.25) is 24.2 Å². The number of guanidine groups is 1. The summed E-state index contributed by atoms with van der Waals surface area (Å²) in [6.45, 7) is 7.42. The van der Waals surface area contributed by atoms with Gasteiger partial charge in [0.1, 0.15) is 30.5 Å². The maximum Gasteiger partial charge on any atom is 0.262 e. The zero-order valence-electron chi connectivity index (χ0n) is 29.2. The monoisotopic (exact) mass is 740 g/mol. The van der Waals surface area contributed by atoms with E-state index in [0.717, 1.165) is 16.9 Å². The molecule has 1 heterocycles. The zero-order chi connectivity index (χ0) is 37.6. The molecule has 1 aromatic heterocycles. The number of nitrogens with zero attached hydrogens (tertiary/aromatic N) is 1. The second-order valence-electron chi connectivity index (χ2n) is 13.1. The molecule has 0 bridgehead atoms. The number of unbranched alkanes of at least 4 members (excludes halogenated alkanes) is 1. The predicted octanol–water partition coefficient (Wildman–Crippen LogP) is 3.39. The quantitative estimate of drug-likeness (QED) is 0.0546. The van der Waals surface area contributed by atoms with Crippen LogP contribution in [0.25, 0.3) is 0 Å². The van der Waals surface area contributed by atoms with Crippen LogP contribution >= 0.6 is 22.9 Å². The van der Waals surface area contributed by atoms with Gasteiger partial charge in [-0.15, -0.1) is 11.3 Å². The van der Waals surface area contributed by atoms with Crippen molar-refractivity contribution in [3.05, 3.63) is 86.6 Å². The Labute approximate surface area is 307 Å². The number of nitrogens with one attached hydrogen (secondary N) is 3. The Hall–Kier alpha value is -4.66. The number of thiophene rings is 1. The molecule has 3 rings (SSSR count). The molecule has 0 radical (unpaired) electrons. The van der Waals surface area contributed by atoms with Crippen molar-refractivity contribution in [3.8, 4) is 5.75 Å². The molecule has 0 aliphatic heterocycles. The molecule has 0 aliphatic rings. The van der Waals surface area contributed by atoms with Gasteiger partial charge in [0.25, 0.3) is 5.91 Å². The second-order valence-corrected chi connectivity index (χ2v) is 14.8. The van der Waals surface area contributed by atoms with Crippen LogP contribution in [0.4, 0.5) is 0 Å². The Balaban J connectivity index is 1.71. The van der Waals surface area contributed by atoms with Crippen LogP contribution in [0.3, 0.4) is 0 Å². The number of rotatable bonds is 19. The molecule has 0 spiro atoms. The van der Waals surface area contributed by atoms with Crippen molar-refractivity contribution in [2.45, 2.75) is 83.0 Å². The highest BCUT2D eigenvalue weighted by Crippen LogP contribution is 2.24. The maximum absolute atomic E-state index is 13.6. The van der Waals surface area contributed by atoms with Crippen LogP contribution in [0, 0.1) is 0 Å². The Bertz CT molecular complexity index is 1640. The van der Waals surface area contributed by atoms with Gasteiger partial charge in [-0.05, 0) is 85.0 Å². The summed E-state index contributed by atoms with van der Waals surface area (Å²) in [7, 11) is 0. The Kier molecular flexibility index (Phi) is 15.7. The maximum atomic E-state index is 13.6. The van der Waals surface area contributed by atoms with Crippen LogP contribution in [0.1, 0.15) is 85.3 Å². The number of benzene rings is 2. The normalized spacial score (nSPS) is 13.0. The van der Waals surface area contributed by atoms with Crippen LogP contribution < -0.4 is 43.6 Å². The first-order valence-electron chi connectivity index (χ1n) is 16.7. The number of carbonyl (C=O) groups excluding carboxylic acids is 4. The van der Waals surface area contributed by atoms with Crippen molar-refractivity contribution in [3.63, 3.8) is 0 Å². The van der Waals surface area contributed by atoms with Gasteiger partial charge in [-0.1, -0.05) is 68.8 Å². The van der Waals surface area contributed by atoms with Gasteiger partial charge in [-0.2, -0.15) is 0 Å². The predicted molar refractivity (Wildman–Crippen MR) is 201 cm³/mol. The molecular formula is C36H49ClN8O5S. The summed E-state index contributed by atoms with van der Waals surface area (Å²) < 4.78 is 6.36. The van der Waals surface area contributed by atoms with Gasteiger partial charge in [0.05, 0.1) is 9.21 Å². The molecule has 0 aliphatic carbocycles. The van der Waals surface area contributed by atoms with E-state index in [-0.39, 0.29) is 30.8 Å². The average Bonchev–Trinajstić information content (AvgIpc) is 3.53. The van der Waals surface area contributed by atoms with Crippen molar-refractivity contribution in [1.29, 1.82) is 0 Å². The summed E-state index contributed by atoms with van der Waals surface area (Å²) in [4.78, 5) is 57.0. The largest absolute Gasteiger partial charge is 0.489 e. The van der Waals surface area contributed by atoms with Crippen LogP contribution in [-0.2, 0) is 26.4 Å². The lowest BCUT2D eigenvalue weighted by atomic mass is 9.87. The average molecular weight is 741 g/mol. The first kappa shape index (κ1) is 40.8. The Morgan fingerprint density at radius 3 is 2.02 bits per heavy atom. The van der Waals surface area contributed by atoms with Gasteiger partial charge in [0.15, 0.2) is 5.96 Å². The molecule has 3 atom stereocenters. The summed E-state index contributed by atoms with van der Waals surface area (Å²) >= 11 is 7.06. The number of ether oxygens (including phenoxy) is 1. The molecule has 0 saturated carbocycles. The van der Waals surface area contributed by atoms with Crippen LogP contribution in [0.5, 0.6) is 5.75 Å². The Morgan fingerprint density at radius 2 is 1.45 bits per heavy atom. The smallest absolute Gasteiger partial charge is 0.262 e. The highest BCUT2D eigenvalue weighted by Gasteiger charge is 2.30. The number of hydrogen-bond acceptors (Lipinski definition) is 8. The molecule has 11 N–H and O–H groups in total. The van der Waals surface area contributed by atoms with E-state index in [1.54, 1.807) is 36.4 Å². The van der Waals surface area contributed by atoms with Crippen molar-refractivity contribution in [1.82, 2.24) is 16.0 Å². The van der Waals surface area contributed by atoms with Crippen molar-refractivity contribution < 1.29 is 23.9 Å². The van der Waals surface area contributed by atoms with Gasteiger partial charge >= 0.3 is 0 Å². The molecule has 4 amide bonds. The number of hydrogen-bond donors (Lipinski definition) is 7. The lowest BCUT2D eigenvalue weighted by Crippen LogP contribution is -2.54. The molecule has 3 aromatic rings. The van der Waals surface area contributed by atoms with Crippen LogP contribution in [0.15, 0.2) is 65.7 Å². The van der Waals surface area contributed by atoms with Crippen LogP contribution in [-0.4, -0.2) is 54.8 Å². The summed E-state index contributed by atoms with van der Waals surface area (Å²) in [6.07, 6.45) is 1.86. The highest BCUT2D eigenvalue weighted by molar-refractivity contribution is 7.18. The number of primary amides is 1. The van der Waals surface area contributed by atoms with Gasteiger partial charge in [0, 0.05) is 6.54 Å². The topological polar surface area (TPSA) is 230 Å². The standard InChI is InChI=1S/C36H49ClN8O5S/c1-36(2,3)24-13-9-22(10-14-24)21-50-25-15-11-23(12-16-25)30(31(39)46)45-33(48)26(7-4-5-19-38)43-32(47)27(8-6-20-42-35(40)41)44-34(49)28-17-18-29(37)51-28/h9-18,26-27,30H,4-8,19-21,38H2,1-3H3,(H2,39,46)(H,43,47)(H,44,49)(H,45,48)(H4,40,41,42)/t26-,27-,30+/m0/s1. The van der Waals surface area contributed by atoms with Crippen molar-refractivity contribution >= 4 is 52.5 Å². The lowest BCUT2D eigenvalue weighted by Gasteiger charge is -2.25. The van der Waals surface area contributed by atoms with E-state index in [1.807, 2.05) is 12.1 Å². The summed E-state index contributed by atoms with van der Waals surface area (Å²) in [5.74, 6) is -2.05. The number of nitrogens with two attached hydrogens (primary N) is 4. The van der Waals surface area contributed by atoms with E-state index >= 15 is 0 Å². The number of halogens is 1. The van der Waals surface area contributed by atoms with Crippen LogP contribution in [0.2, 0.25) is 4.34 Å². The van der Waals surface area contributed by atoms with E-state index in [4.69, 9.17) is 39.3 Å². The summed E-state index contributed by atoms with van der Waals surface area (Å²) in [5, 5.41) is 8.15. The third-order valence-electron chi connectivity index (χ3n) is 7.95. The molecule has 0 saturated heterocycles. The van der Waals surface area contributed by atoms with E-state index in [1.165, 1.54) is 5.56 Å². The number of carbonyl (C=O) groups is 4. The molecule has 0 fully saturated rings. The minimum Gasteiger partial charge on any atom is -0.489 e. The first-order chi connectivity index (χ1) is 24.2. The summed E-state index contributed by atoms with van der Waals surface area (Å²) in [5.41, 5.74) is 25.0. The van der Waals surface area contributed by atoms with E-state index in [2.05, 4.69) is 53.8 Å². The second kappa shape index (κ2) is 19.7. The van der Waals surface area contributed by atoms with Gasteiger partial charge in [0.2, 0.25) is 17.7 Å². The molecule has 13 nitrogen and oxygen atoms in total. The third kappa shape index (κ3) is 13.5. The van der Waals surface area contributed by atoms with E-state index in [9.17, 15) is 19.2 Å². The molecule has 15 heteroatoms. The molecule has 51 heavy (non-hydrogen) atoms. The zero-order valence-corrected chi connectivity index (χ0v) is 30.8. The van der Waals surface area contributed by atoms with Crippen molar-refractivity contribution in [2.24, 2.45) is 27.9 Å². The molecule has 0 unspecified atom stereocenters. The van der Waals surface area contributed by atoms with E-state index < -0.39 is 41.8 Å². The minimum absolute atomic E-state index is 0.0493. The fraction of sp³-hybridized carbons (Fsp3) is 0.417.